The van der Waals surface area contributed by atoms with Crippen LogP contribution in [-0.2, 0) is 6.42 Å². The molecule has 0 saturated heterocycles. The van der Waals surface area contributed by atoms with Gasteiger partial charge in [0.25, 0.3) is 5.69 Å². The minimum absolute atomic E-state index is 0.138. The highest BCUT2D eigenvalue weighted by Crippen LogP contribution is 2.29. The number of aliphatic hydroxyl groups excluding tert-OH is 1. The third-order valence-electron chi connectivity index (χ3n) is 4.56. The van der Waals surface area contributed by atoms with Gasteiger partial charge in [0.1, 0.15) is 11.8 Å². The molecule has 156 valence electrons. The van der Waals surface area contributed by atoms with E-state index in [1.54, 1.807) is 45.0 Å². The maximum atomic E-state index is 12.1. The first-order valence-electron chi connectivity index (χ1n) is 9.20. The number of nitro benzene ring substituents is 1. The van der Waals surface area contributed by atoms with E-state index in [2.05, 4.69) is 0 Å². The summed E-state index contributed by atoms with van der Waals surface area (Å²) in [5, 5.41) is 41.5. The van der Waals surface area contributed by atoms with Crippen molar-refractivity contribution < 1.29 is 19.9 Å². The van der Waals surface area contributed by atoms with Gasteiger partial charge in [-0.15, -0.1) is 0 Å². The van der Waals surface area contributed by atoms with Gasteiger partial charge in [-0.1, -0.05) is 30.3 Å². The van der Waals surface area contributed by atoms with Gasteiger partial charge in [-0.3, -0.25) is 15.0 Å². The Balaban J connectivity index is 2.62. The molecule has 0 aliphatic carbocycles. The predicted molar refractivity (Wildman–Crippen MR) is 112 cm³/mol. The van der Waals surface area contributed by atoms with Crippen LogP contribution in [0.1, 0.15) is 31.9 Å². The smallest absolute Gasteiger partial charge is 0.408 e. The molecule has 30 heavy (non-hydrogen) atoms. The third kappa shape index (κ3) is 5.14. The van der Waals surface area contributed by atoms with E-state index in [0.717, 1.165) is 10.5 Å². The van der Waals surface area contributed by atoms with Crippen LogP contribution in [0, 0.1) is 21.4 Å². The number of carbonyl (C=O) groups is 1. The number of rotatable bonds is 6. The van der Waals surface area contributed by atoms with Crippen molar-refractivity contribution in [3.05, 3.63) is 81.6 Å². The molecule has 0 aliphatic heterocycles. The highest BCUT2D eigenvalue weighted by molar-refractivity contribution is 5.80. The summed E-state index contributed by atoms with van der Waals surface area (Å²) in [5.74, 6) is -0.410. The first-order chi connectivity index (χ1) is 14.1. The molecule has 1 amide bonds. The molecule has 2 rings (SSSR count). The number of hydrogen-bond donors (Lipinski definition) is 2. The molecule has 2 aromatic carbocycles. The number of allylic oxidation sites excluding steroid dienone is 1. The molecular weight excluding hydrogens is 386 g/mol. The molecule has 1 atom stereocenters. The lowest BCUT2D eigenvalue weighted by Gasteiger charge is -2.39. The summed E-state index contributed by atoms with van der Waals surface area (Å²) in [6.45, 7) is 5.10. The molecule has 8 nitrogen and oxygen atoms in total. The van der Waals surface area contributed by atoms with Crippen molar-refractivity contribution in [3.63, 3.8) is 0 Å². The second-order valence-corrected chi connectivity index (χ2v) is 7.70. The van der Waals surface area contributed by atoms with Crippen LogP contribution in [0.15, 0.2) is 60.4 Å². The van der Waals surface area contributed by atoms with Gasteiger partial charge in [0, 0.05) is 24.1 Å². The SMILES string of the molecule is CC(C)(C)N(C(=O)O)C(Cc1ccccc1)C(O)=C(C#N)c1ccc([N+](=O)[O-])cc1. The average Bonchev–Trinajstić information content (AvgIpc) is 2.67. The largest absolute Gasteiger partial charge is 0.509 e. The first kappa shape index (κ1) is 22.4. The topological polar surface area (TPSA) is 128 Å². The molecule has 0 spiro atoms. The van der Waals surface area contributed by atoms with Gasteiger partial charge >= 0.3 is 6.09 Å². The number of nitriles is 1. The van der Waals surface area contributed by atoms with E-state index >= 15 is 0 Å². The summed E-state index contributed by atoms with van der Waals surface area (Å²) in [6.07, 6.45) is -1.09. The minimum Gasteiger partial charge on any atom is -0.509 e. The summed E-state index contributed by atoms with van der Waals surface area (Å²) < 4.78 is 0. The number of non-ortho nitro benzene ring substituents is 1. The van der Waals surface area contributed by atoms with Crippen LogP contribution in [0.5, 0.6) is 0 Å². The van der Waals surface area contributed by atoms with E-state index in [4.69, 9.17) is 0 Å². The fraction of sp³-hybridized carbons (Fsp3) is 0.273. The lowest BCUT2D eigenvalue weighted by atomic mass is 9.93. The second kappa shape index (κ2) is 9.09. The zero-order valence-electron chi connectivity index (χ0n) is 16.9. The van der Waals surface area contributed by atoms with Crippen molar-refractivity contribution in [1.82, 2.24) is 4.90 Å². The monoisotopic (exact) mass is 409 g/mol. The Labute approximate surface area is 174 Å². The number of aliphatic hydroxyl groups is 1. The number of nitro groups is 1. The zero-order chi connectivity index (χ0) is 22.5. The molecule has 8 heteroatoms. The van der Waals surface area contributed by atoms with Gasteiger partial charge in [-0.2, -0.15) is 5.26 Å². The van der Waals surface area contributed by atoms with Crippen LogP contribution < -0.4 is 0 Å². The standard InChI is InChI=1S/C22H23N3O5/c1-22(2,3)24(21(27)28)19(13-15-7-5-4-6-8-15)20(26)18(14-23)16-9-11-17(12-10-16)25(29)30/h4-12,19,26H,13H2,1-3H3,(H,27,28). The summed E-state index contributed by atoms with van der Waals surface area (Å²) in [6, 6.07) is 15.1. The van der Waals surface area contributed by atoms with Crippen molar-refractivity contribution in [2.75, 3.05) is 0 Å². The van der Waals surface area contributed by atoms with Crippen LogP contribution in [0.25, 0.3) is 5.57 Å². The van der Waals surface area contributed by atoms with Crippen molar-refractivity contribution in [1.29, 1.82) is 5.26 Å². The Hall–Kier alpha value is -3.86. The maximum absolute atomic E-state index is 12.1. The van der Waals surface area contributed by atoms with Crippen molar-refractivity contribution in [3.8, 4) is 6.07 Å². The number of hydrogen-bond acceptors (Lipinski definition) is 5. The Kier molecular flexibility index (Phi) is 6.80. The lowest BCUT2D eigenvalue weighted by molar-refractivity contribution is -0.384. The fourth-order valence-corrected chi connectivity index (χ4v) is 3.22. The Bertz CT molecular complexity index is 986. The van der Waals surface area contributed by atoms with E-state index in [1.165, 1.54) is 24.3 Å². The highest BCUT2D eigenvalue weighted by atomic mass is 16.6. The van der Waals surface area contributed by atoms with E-state index in [9.17, 15) is 30.4 Å². The Morgan fingerprint density at radius 1 is 1.13 bits per heavy atom. The first-order valence-corrected chi connectivity index (χ1v) is 9.20. The number of benzene rings is 2. The zero-order valence-corrected chi connectivity index (χ0v) is 16.9. The van der Waals surface area contributed by atoms with Gasteiger partial charge in [0.05, 0.1) is 16.5 Å². The number of nitrogens with zero attached hydrogens (tertiary/aromatic N) is 3. The normalized spacial score (nSPS) is 13.0. The average molecular weight is 409 g/mol. The van der Waals surface area contributed by atoms with E-state index in [0.29, 0.717) is 0 Å². The van der Waals surface area contributed by atoms with E-state index in [1.807, 2.05) is 12.1 Å². The second-order valence-electron chi connectivity index (χ2n) is 7.70. The van der Waals surface area contributed by atoms with Crippen molar-refractivity contribution in [2.24, 2.45) is 0 Å². The summed E-state index contributed by atoms with van der Waals surface area (Å²) in [4.78, 5) is 23.5. The molecule has 2 aromatic rings. The van der Waals surface area contributed by atoms with Crippen LogP contribution >= 0.6 is 0 Å². The number of carboxylic acid groups (broad SMARTS) is 1. The Morgan fingerprint density at radius 3 is 2.13 bits per heavy atom. The van der Waals surface area contributed by atoms with E-state index in [-0.39, 0.29) is 23.2 Å². The van der Waals surface area contributed by atoms with Gasteiger partial charge in [-0.25, -0.2) is 4.79 Å². The van der Waals surface area contributed by atoms with E-state index < -0.39 is 28.4 Å². The predicted octanol–water partition coefficient (Wildman–Crippen LogP) is 4.78. The maximum Gasteiger partial charge on any atom is 0.408 e. The molecule has 0 aliphatic rings. The van der Waals surface area contributed by atoms with Gasteiger partial charge in [0.2, 0.25) is 0 Å². The fourth-order valence-electron chi connectivity index (χ4n) is 3.22. The van der Waals surface area contributed by atoms with Gasteiger partial charge < -0.3 is 10.2 Å². The summed E-state index contributed by atoms with van der Waals surface area (Å²) >= 11 is 0. The molecule has 0 bridgehead atoms. The molecule has 0 fully saturated rings. The molecular formula is C22H23N3O5. The molecule has 0 aromatic heterocycles. The molecule has 0 saturated carbocycles. The molecule has 0 radical (unpaired) electrons. The van der Waals surface area contributed by atoms with Crippen molar-refractivity contribution >= 4 is 17.4 Å². The Morgan fingerprint density at radius 2 is 1.70 bits per heavy atom. The van der Waals surface area contributed by atoms with Crippen LogP contribution in [-0.4, -0.2) is 37.7 Å². The van der Waals surface area contributed by atoms with Crippen molar-refractivity contribution in [2.45, 2.75) is 38.8 Å². The summed E-state index contributed by atoms with van der Waals surface area (Å²) in [5.41, 5.74) is -0.113. The highest BCUT2D eigenvalue weighted by Gasteiger charge is 2.37. The van der Waals surface area contributed by atoms with Crippen LogP contribution in [0.4, 0.5) is 10.5 Å². The minimum atomic E-state index is -1.24. The molecule has 2 N–H and O–H groups in total. The molecule has 1 unspecified atom stereocenters. The van der Waals surface area contributed by atoms with Gasteiger partial charge in [0.15, 0.2) is 0 Å². The lowest BCUT2D eigenvalue weighted by Crippen LogP contribution is -2.52. The quantitative estimate of drug-likeness (QED) is 0.306. The number of amides is 1. The van der Waals surface area contributed by atoms with Gasteiger partial charge in [-0.05, 0) is 44.0 Å². The van der Waals surface area contributed by atoms with Crippen LogP contribution in [0.2, 0.25) is 0 Å². The third-order valence-corrected chi connectivity index (χ3v) is 4.56. The van der Waals surface area contributed by atoms with Crippen LogP contribution in [0.3, 0.4) is 0 Å². The summed E-state index contributed by atoms with van der Waals surface area (Å²) in [7, 11) is 0. The molecule has 0 heterocycles.